The molecule has 1 aliphatic rings. The fourth-order valence-electron chi connectivity index (χ4n) is 1.45. The van der Waals surface area contributed by atoms with E-state index in [2.05, 4.69) is 4.99 Å². The van der Waals surface area contributed by atoms with Gasteiger partial charge in [0.2, 0.25) is 0 Å². The predicted octanol–water partition coefficient (Wildman–Crippen LogP) is 1.81. The zero-order chi connectivity index (χ0) is 9.10. The molecule has 0 aromatic heterocycles. The van der Waals surface area contributed by atoms with Gasteiger partial charge in [-0.15, -0.1) is 0 Å². The summed E-state index contributed by atoms with van der Waals surface area (Å²) in [7, 11) is 0. The summed E-state index contributed by atoms with van der Waals surface area (Å²) >= 11 is 0. The minimum atomic E-state index is 0.137. The van der Waals surface area contributed by atoms with Crippen LogP contribution in [0.15, 0.2) is 35.3 Å². The average molecular weight is 176 g/mol. The van der Waals surface area contributed by atoms with Gasteiger partial charge in [0.1, 0.15) is 0 Å². The first-order chi connectivity index (χ1) is 6.38. The van der Waals surface area contributed by atoms with Crippen LogP contribution >= 0.6 is 0 Å². The Labute approximate surface area is 77.3 Å². The third-order valence-corrected chi connectivity index (χ3v) is 2.10. The number of amidine groups is 1. The molecule has 1 heterocycles. The van der Waals surface area contributed by atoms with Crippen LogP contribution in [0.25, 0.3) is 0 Å². The van der Waals surface area contributed by atoms with Crippen LogP contribution in [0, 0.1) is 0 Å². The standard InChI is InChI=1S/C10H12N2O/c13-10-11-7-4-8-12(10)9-5-2-1-3-6-9/h1-3,5-6H,4,7-8H2,(H,11,13). The van der Waals surface area contributed by atoms with E-state index in [4.69, 9.17) is 0 Å². The number of anilines is 1. The lowest BCUT2D eigenvalue weighted by molar-refractivity contribution is 0.512. The third-order valence-electron chi connectivity index (χ3n) is 2.10. The number of hydrogen-bond acceptors (Lipinski definition) is 2. The van der Waals surface area contributed by atoms with E-state index >= 15 is 0 Å². The molecule has 3 heteroatoms. The topological polar surface area (TPSA) is 35.8 Å². The minimum absolute atomic E-state index is 0.137. The lowest BCUT2D eigenvalue weighted by atomic mass is 10.2. The Bertz CT molecular complexity index is 308. The normalized spacial score (nSPS) is 16.9. The molecule has 0 atom stereocenters. The molecule has 13 heavy (non-hydrogen) atoms. The van der Waals surface area contributed by atoms with E-state index in [9.17, 15) is 5.11 Å². The van der Waals surface area contributed by atoms with Crippen LogP contribution in [-0.4, -0.2) is 24.2 Å². The maximum atomic E-state index is 9.50. The van der Waals surface area contributed by atoms with E-state index in [1.807, 2.05) is 35.2 Å². The van der Waals surface area contributed by atoms with Crippen molar-refractivity contribution >= 4 is 11.7 Å². The van der Waals surface area contributed by atoms with E-state index in [1.54, 1.807) is 0 Å². The average Bonchev–Trinajstić information content (AvgIpc) is 2.20. The summed E-state index contributed by atoms with van der Waals surface area (Å²) in [4.78, 5) is 5.81. The summed E-state index contributed by atoms with van der Waals surface area (Å²) in [5, 5.41) is 9.50. The SMILES string of the molecule is OC1=NCCCN1c1ccccc1. The Hall–Kier alpha value is -1.51. The van der Waals surface area contributed by atoms with Gasteiger partial charge in [-0.1, -0.05) is 18.2 Å². The van der Waals surface area contributed by atoms with Crippen LogP contribution in [0.3, 0.4) is 0 Å². The van der Waals surface area contributed by atoms with Crippen LogP contribution in [0.2, 0.25) is 0 Å². The second-order valence-corrected chi connectivity index (χ2v) is 3.02. The van der Waals surface area contributed by atoms with Gasteiger partial charge < -0.3 is 5.11 Å². The van der Waals surface area contributed by atoms with Crippen molar-refractivity contribution in [3.05, 3.63) is 30.3 Å². The van der Waals surface area contributed by atoms with Gasteiger partial charge in [0.05, 0.1) is 0 Å². The van der Waals surface area contributed by atoms with E-state index in [0.717, 1.165) is 25.2 Å². The molecule has 0 fully saturated rings. The van der Waals surface area contributed by atoms with Crippen molar-refractivity contribution < 1.29 is 5.11 Å². The highest BCUT2D eigenvalue weighted by molar-refractivity contribution is 5.90. The quantitative estimate of drug-likeness (QED) is 0.708. The molecular formula is C10H12N2O. The van der Waals surface area contributed by atoms with Gasteiger partial charge in [-0.05, 0) is 18.6 Å². The Balaban J connectivity index is 2.26. The highest BCUT2D eigenvalue weighted by atomic mass is 16.3. The molecule has 0 unspecified atom stereocenters. The molecule has 0 spiro atoms. The lowest BCUT2D eigenvalue weighted by Gasteiger charge is -2.24. The van der Waals surface area contributed by atoms with E-state index < -0.39 is 0 Å². The van der Waals surface area contributed by atoms with Crippen molar-refractivity contribution in [2.75, 3.05) is 18.0 Å². The second-order valence-electron chi connectivity index (χ2n) is 3.02. The van der Waals surface area contributed by atoms with Crippen molar-refractivity contribution in [2.24, 2.45) is 4.99 Å². The summed E-state index contributed by atoms with van der Waals surface area (Å²) in [5.41, 5.74) is 1.00. The Morgan fingerprint density at radius 1 is 1.23 bits per heavy atom. The van der Waals surface area contributed by atoms with Crippen LogP contribution in [0.1, 0.15) is 6.42 Å². The fraction of sp³-hybridized carbons (Fsp3) is 0.300. The summed E-state index contributed by atoms with van der Waals surface area (Å²) in [6.07, 6.45) is 0.999. The first-order valence-corrected chi connectivity index (χ1v) is 4.44. The first kappa shape index (κ1) is 8.10. The van der Waals surface area contributed by atoms with Gasteiger partial charge in [0.15, 0.2) is 0 Å². The molecule has 0 saturated carbocycles. The van der Waals surface area contributed by atoms with Gasteiger partial charge in [-0.2, -0.15) is 0 Å². The number of aliphatic imine (C=N–C) groups is 1. The molecule has 1 N–H and O–H groups in total. The number of benzene rings is 1. The second kappa shape index (κ2) is 3.47. The molecule has 1 aromatic carbocycles. The summed E-state index contributed by atoms with van der Waals surface area (Å²) < 4.78 is 0. The molecule has 1 aromatic rings. The Kier molecular flexibility index (Phi) is 2.17. The third kappa shape index (κ3) is 1.64. The molecule has 0 aliphatic carbocycles. The smallest absolute Gasteiger partial charge is 0.289 e. The fourth-order valence-corrected chi connectivity index (χ4v) is 1.45. The molecule has 68 valence electrons. The summed E-state index contributed by atoms with van der Waals surface area (Å²) in [6.45, 7) is 1.58. The predicted molar refractivity (Wildman–Crippen MR) is 53.3 cm³/mol. The van der Waals surface area contributed by atoms with Crippen molar-refractivity contribution in [3.63, 3.8) is 0 Å². The van der Waals surface area contributed by atoms with Gasteiger partial charge in [0, 0.05) is 18.8 Å². The van der Waals surface area contributed by atoms with Crippen molar-refractivity contribution in [3.8, 4) is 0 Å². The number of hydrogen-bond donors (Lipinski definition) is 1. The Morgan fingerprint density at radius 2 is 2.00 bits per heavy atom. The number of para-hydroxylation sites is 1. The van der Waals surface area contributed by atoms with Gasteiger partial charge in [0.25, 0.3) is 6.02 Å². The van der Waals surface area contributed by atoms with Gasteiger partial charge >= 0.3 is 0 Å². The van der Waals surface area contributed by atoms with Crippen molar-refractivity contribution in [1.29, 1.82) is 0 Å². The molecule has 3 nitrogen and oxygen atoms in total. The number of aliphatic hydroxyl groups excluding tert-OH is 1. The van der Waals surface area contributed by atoms with E-state index in [1.165, 1.54) is 0 Å². The van der Waals surface area contributed by atoms with Gasteiger partial charge in [-0.3, -0.25) is 4.90 Å². The highest BCUT2D eigenvalue weighted by Crippen LogP contribution is 2.15. The molecule has 1 aliphatic heterocycles. The number of nitrogens with zero attached hydrogens (tertiary/aromatic N) is 2. The molecule has 0 radical (unpaired) electrons. The number of rotatable bonds is 1. The first-order valence-electron chi connectivity index (χ1n) is 4.44. The lowest BCUT2D eigenvalue weighted by Crippen LogP contribution is -2.35. The highest BCUT2D eigenvalue weighted by Gasteiger charge is 2.14. The van der Waals surface area contributed by atoms with E-state index in [0.29, 0.717) is 0 Å². The van der Waals surface area contributed by atoms with Crippen molar-refractivity contribution in [1.82, 2.24) is 0 Å². The molecular weight excluding hydrogens is 164 g/mol. The monoisotopic (exact) mass is 176 g/mol. The Morgan fingerprint density at radius 3 is 2.69 bits per heavy atom. The van der Waals surface area contributed by atoms with Crippen LogP contribution in [0.4, 0.5) is 5.69 Å². The maximum Gasteiger partial charge on any atom is 0.289 e. The molecule has 0 amide bonds. The van der Waals surface area contributed by atoms with Crippen LogP contribution in [-0.2, 0) is 0 Å². The van der Waals surface area contributed by atoms with E-state index in [-0.39, 0.29) is 6.02 Å². The summed E-state index contributed by atoms with van der Waals surface area (Å²) in [6, 6.07) is 9.95. The minimum Gasteiger partial charge on any atom is -0.480 e. The summed E-state index contributed by atoms with van der Waals surface area (Å²) in [5.74, 6) is 0. The van der Waals surface area contributed by atoms with Crippen LogP contribution in [0.5, 0.6) is 0 Å². The van der Waals surface area contributed by atoms with Gasteiger partial charge in [-0.25, -0.2) is 4.99 Å². The molecule has 0 saturated heterocycles. The maximum absolute atomic E-state index is 9.50. The zero-order valence-electron chi connectivity index (χ0n) is 7.35. The van der Waals surface area contributed by atoms with Crippen LogP contribution < -0.4 is 4.90 Å². The molecule has 2 rings (SSSR count). The largest absolute Gasteiger partial charge is 0.480 e. The zero-order valence-corrected chi connectivity index (χ0v) is 7.35. The molecule has 0 bridgehead atoms. The van der Waals surface area contributed by atoms with Crippen molar-refractivity contribution in [2.45, 2.75) is 6.42 Å². The number of aliphatic hydroxyl groups is 1.